The summed E-state index contributed by atoms with van der Waals surface area (Å²) in [6.07, 6.45) is 1.18. The van der Waals surface area contributed by atoms with E-state index in [1.165, 1.54) is 4.31 Å². The van der Waals surface area contributed by atoms with Crippen LogP contribution >= 0.6 is 15.9 Å². The second-order valence-electron chi connectivity index (χ2n) is 7.54. The van der Waals surface area contributed by atoms with E-state index in [0.717, 1.165) is 18.4 Å². The predicted octanol–water partition coefficient (Wildman–Crippen LogP) is 3.51. The van der Waals surface area contributed by atoms with Crippen LogP contribution in [-0.2, 0) is 20.1 Å². The van der Waals surface area contributed by atoms with Crippen LogP contribution in [0.4, 0.5) is 4.79 Å². The second kappa shape index (κ2) is 8.71. The zero-order valence-electron chi connectivity index (χ0n) is 15.5. The van der Waals surface area contributed by atoms with Crippen molar-refractivity contribution in [2.45, 2.75) is 49.4 Å². The topological polar surface area (TPSA) is 75.7 Å². The van der Waals surface area contributed by atoms with Gasteiger partial charge in [0, 0.05) is 25.0 Å². The molecule has 1 aliphatic heterocycles. The van der Waals surface area contributed by atoms with Crippen molar-refractivity contribution >= 4 is 32.0 Å². The zero-order valence-corrected chi connectivity index (χ0v) is 17.9. The van der Waals surface area contributed by atoms with E-state index in [1.54, 1.807) is 18.2 Å². The molecule has 0 spiro atoms. The fraction of sp³-hybridized carbons (Fsp3) is 0.611. The maximum atomic E-state index is 12.9. The maximum Gasteiger partial charge on any atom is 0.407 e. The van der Waals surface area contributed by atoms with Gasteiger partial charge >= 0.3 is 6.09 Å². The Bertz CT molecular complexity index is 731. The Balaban J connectivity index is 1.99. The lowest BCUT2D eigenvalue weighted by molar-refractivity contribution is 0.0513. The molecule has 1 aromatic rings. The molecule has 146 valence electrons. The molecule has 8 heteroatoms. The van der Waals surface area contributed by atoms with Crippen molar-refractivity contribution in [2.24, 2.45) is 5.92 Å². The van der Waals surface area contributed by atoms with Gasteiger partial charge < -0.3 is 10.1 Å². The number of alkyl halides is 1. The van der Waals surface area contributed by atoms with Crippen molar-refractivity contribution in [1.29, 1.82) is 0 Å². The van der Waals surface area contributed by atoms with E-state index in [2.05, 4.69) is 21.2 Å². The number of carbonyl (C=O) groups is 1. The molecular weight excluding hydrogens is 420 g/mol. The number of ether oxygens (including phenoxy) is 1. The highest BCUT2D eigenvalue weighted by Gasteiger charge is 2.30. The van der Waals surface area contributed by atoms with Crippen molar-refractivity contribution in [3.8, 4) is 0 Å². The quantitative estimate of drug-likeness (QED) is 0.701. The average Bonchev–Trinajstić information content (AvgIpc) is 2.59. The number of hydrogen-bond acceptors (Lipinski definition) is 4. The van der Waals surface area contributed by atoms with Gasteiger partial charge in [0.25, 0.3) is 0 Å². The second-order valence-corrected chi connectivity index (χ2v) is 10.0. The summed E-state index contributed by atoms with van der Waals surface area (Å²) >= 11 is 3.36. The van der Waals surface area contributed by atoms with Gasteiger partial charge in [-0.15, -0.1) is 0 Å². The molecule has 0 unspecified atom stereocenters. The zero-order chi connectivity index (χ0) is 19.4. The van der Waals surface area contributed by atoms with Crippen LogP contribution < -0.4 is 5.32 Å². The molecule has 1 fully saturated rings. The third-order valence-electron chi connectivity index (χ3n) is 4.11. The van der Waals surface area contributed by atoms with Gasteiger partial charge in [0.2, 0.25) is 10.0 Å². The van der Waals surface area contributed by atoms with E-state index in [9.17, 15) is 13.2 Å². The first kappa shape index (κ1) is 21.2. The summed E-state index contributed by atoms with van der Waals surface area (Å²) in [6.45, 7) is 6.73. The molecule has 2 rings (SSSR count). The predicted molar refractivity (Wildman–Crippen MR) is 105 cm³/mol. The molecule has 1 N–H and O–H groups in total. The Hall–Kier alpha value is -1.12. The molecule has 1 saturated heterocycles. The number of nitrogens with zero attached hydrogens (tertiary/aromatic N) is 1. The maximum absolute atomic E-state index is 12.9. The molecule has 0 aromatic heterocycles. The number of benzene rings is 1. The first-order chi connectivity index (χ1) is 12.1. The summed E-state index contributed by atoms with van der Waals surface area (Å²) in [5.41, 5.74) is 0.373. The van der Waals surface area contributed by atoms with Crippen LogP contribution in [0.2, 0.25) is 0 Å². The van der Waals surface area contributed by atoms with Crippen LogP contribution in [0.3, 0.4) is 0 Å². The van der Waals surface area contributed by atoms with Gasteiger partial charge in [0.05, 0.1) is 4.90 Å². The molecule has 1 atom stereocenters. The van der Waals surface area contributed by atoms with Crippen molar-refractivity contribution < 1.29 is 17.9 Å². The normalized spacial score (nSPS) is 19.2. The summed E-state index contributed by atoms with van der Waals surface area (Å²) in [6, 6.07) is 6.98. The molecule has 26 heavy (non-hydrogen) atoms. The number of hydrogen-bond donors (Lipinski definition) is 1. The number of nitrogens with one attached hydrogen (secondary N) is 1. The van der Waals surface area contributed by atoms with Crippen LogP contribution in [0, 0.1) is 5.92 Å². The van der Waals surface area contributed by atoms with Gasteiger partial charge in [-0.25, -0.2) is 13.2 Å². The molecule has 0 radical (unpaired) electrons. The van der Waals surface area contributed by atoms with Crippen molar-refractivity contribution in [2.75, 3.05) is 19.6 Å². The summed E-state index contributed by atoms with van der Waals surface area (Å²) in [4.78, 5) is 12.1. The lowest BCUT2D eigenvalue weighted by Crippen LogP contribution is -2.44. The standard InChI is InChI=1S/C18H27BrN2O4S/c1-18(2,3)25-17(22)20-12-15-7-5-9-21(13-15)26(23,24)16-8-4-6-14(10-16)11-19/h4,6,8,10,15H,5,7,9,11-13H2,1-3H3,(H,20,22)/t15-/m0/s1. The van der Waals surface area contributed by atoms with E-state index >= 15 is 0 Å². The molecule has 1 amide bonds. The molecule has 0 aliphatic carbocycles. The molecule has 0 bridgehead atoms. The Kier molecular flexibility index (Phi) is 7.10. The Labute approximate surface area is 164 Å². The number of carbonyl (C=O) groups excluding carboxylic acids is 1. The first-order valence-corrected chi connectivity index (χ1v) is 11.3. The van der Waals surface area contributed by atoms with E-state index in [0.29, 0.717) is 29.9 Å². The average molecular weight is 447 g/mol. The van der Waals surface area contributed by atoms with Crippen LogP contribution in [-0.4, -0.2) is 44.1 Å². The van der Waals surface area contributed by atoms with Crippen LogP contribution in [0.5, 0.6) is 0 Å². The molecule has 1 heterocycles. The first-order valence-electron chi connectivity index (χ1n) is 8.74. The fourth-order valence-corrected chi connectivity index (χ4v) is 4.87. The van der Waals surface area contributed by atoms with Gasteiger partial charge in [0.15, 0.2) is 0 Å². The molecule has 1 aliphatic rings. The number of amides is 1. The largest absolute Gasteiger partial charge is 0.444 e. The minimum atomic E-state index is -3.53. The summed E-state index contributed by atoms with van der Waals surface area (Å²) < 4.78 is 32.6. The number of sulfonamides is 1. The van der Waals surface area contributed by atoms with Crippen molar-refractivity contribution in [3.05, 3.63) is 29.8 Å². The van der Waals surface area contributed by atoms with E-state index < -0.39 is 21.7 Å². The van der Waals surface area contributed by atoms with Gasteiger partial charge in [-0.2, -0.15) is 4.31 Å². The third-order valence-corrected chi connectivity index (χ3v) is 6.61. The van der Waals surface area contributed by atoms with Gasteiger partial charge in [-0.1, -0.05) is 28.1 Å². The summed E-state index contributed by atoms with van der Waals surface area (Å²) in [7, 11) is -3.53. The van der Waals surface area contributed by atoms with E-state index in [-0.39, 0.29) is 5.92 Å². The third kappa shape index (κ3) is 5.96. The fourth-order valence-electron chi connectivity index (χ4n) is 2.89. The molecule has 1 aromatic carbocycles. The minimum absolute atomic E-state index is 0.0744. The summed E-state index contributed by atoms with van der Waals surface area (Å²) in [5, 5.41) is 3.36. The van der Waals surface area contributed by atoms with E-state index in [1.807, 2.05) is 26.8 Å². The number of piperidine rings is 1. The smallest absolute Gasteiger partial charge is 0.407 e. The Morgan fingerprint density at radius 1 is 1.38 bits per heavy atom. The molecular formula is C18H27BrN2O4S. The Morgan fingerprint density at radius 3 is 2.77 bits per heavy atom. The summed E-state index contributed by atoms with van der Waals surface area (Å²) in [5.74, 6) is 0.0744. The van der Waals surface area contributed by atoms with Gasteiger partial charge in [-0.3, -0.25) is 0 Å². The highest BCUT2D eigenvalue weighted by Crippen LogP contribution is 2.24. The number of alkyl carbamates (subject to hydrolysis) is 1. The molecule has 6 nitrogen and oxygen atoms in total. The SMILES string of the molecule is CC(C)(C)OC(=O)NC[C@@H]1CCCN(S(=O)(=O)c2cccc(CBr)c2)C1. The van der Waals surface area contributed by atoms with Crippen LogP contribution in [0.15, 0.2) is 29.2 Å². The van der Waals surface area contributed by atoms with Gasteiger partial charge in [-0.05, 0) is 57.2 Å². The minimum Gasteiger partial charge on any atom is -0.444 e. The Morgan fingerprint density at radius 2 is 2.12 bits per heavy atom. The number of rotatable bonds is 5. The van der Waals surface area contributed by atoms with Crippen LogP contribution in [0.1, 0.15) is 39.2 Å². The lowest BCUT2D eigenvalue weighted by Gasteiger charge is -2.32. The highest BCUT2D eigenvalue weighted by atomic mass is 79.9. The lowest BCUT2D eigenvalue weighted by atomic mass is 10.00. The van der Waals surface area contributed by atoms with Crippen molar-refractivity contribution in [3.63, 3.8) is 0 Å². The molecule has 0 saturated carbocycles. The number of halogens is 1. The van der Waals surface area contributed by atoms with Crippen molar-refractivity contribution in [1.82, 2.24) is 9.62 Å². The van der Waals surface area contributed by atoms with Gasteiger partial charge in [0.1, 0.15) is 5.60 Å². The highest BCUT2D eigenvalue weighted by molar-refractivity contribution is 9.08. The monoisotopic (exact) mass is 446 g/mol. The van der Waals surface area contributed by atoms with E-state index in [4.69, 9.17) is 4.74 Å². The van der Waals surface area contributed by atoms with Crippen LogP contribution in [0.25, 0.3) is 0 Å².